The fraction of sp³-hybridized carbons (Fsp3) is 0.889. The van der Waals surface area contributed by atoms with E-state index in [0.29, 0.717) is 6.42 Å². The molecule has 1 aliphatic rings. The standard InChI is InChI=1S/C9H18N2O3/c12-5-8(6-13)11-9(14)4-7-2-1-3-10-7/h7-8,10,12-13H,1-6H2,(H,11,14). The molecule has 0 saturated carbocycles. The average molecular weight is 202 g/mol. The van der Waals surface area contributed by atoms with Crippen molar-refractivity contribution in [3.05, 3.63) is 0 Å². The number of carbonyl (C=O) groups excluding carboxylic acids is 1. The minimum absolute atomic E-state index is 0.113. The third-order valence-electron chi connectivity index (χ3n) is 2.40. The molecule has 1 heterocycles. The summed E-state index contributed by atoms with van der Waals surface area (Å²) in [5, 5.41) is 23.3. The molecule has 0 radical (unpaired) electrons. The minimum Gasteiger partial charge on any atom is -0.394 e. The highest BCUT2D eigenvalue weighted by atomic mass is 16.3. The molecular weight excluding hydrogens is 184 g/mol. The highest BCUT2D eigenvalue weighted by Crippen LogP contribution is 2.08. The molecule has 0 spiro atoms. The molecule has 0 aliphatic carbocycles. The van der Waals surface area contributed by atoms with Gasteiger partial charge in [-0.1, -0.05) is 0 Å². The van der Waals surface area contributed by atoms with Crippen LogP contribution in [0.2, 0.25) is 0 Å². The minimum atomic E-state index is -0.524. The first-order valence-corrected chi connectivity index (χ1v) is 5.00. The molecule has 0 aromatic heterocycles. The van der Waals surface area contributed by atoms with Crippen molar-refractivity contribution >= 4 is 5.91 Å². The normalized spacial score (nSPS) is 21.5. The van der Waals surface area contributed by atoms with E-state index in [2.05, 4.69) is 10.6 Å². The summed E-state index contributed by atoms with van der Waals surface area (Å²) >= 11 is 0. The molecule has 0 bridgehead atoms. The summed E-state index contributed by atoms with van der Waals surface area (Å²) in [4.78, 5) is 11.4. The second-order valence-electron chi connectivity index (χ2n) is 3.63. The molecule has 14 heavy (non-hydrogen) atoms. The van der Waals surface area contributed by atoms with Gasteiger partial charge in [-0.05, 0) is 19.4 Å². The van der Waals surface area contributed by atoms with Gasteiger partial charge in [0.05, 0.1) is 19.3 Å². The van der Waals surface area contributed by atoms with Crippen LogP contribution in [0, 0.1) is 0 Å². The molecule has 82 valence electrons. The van der Waals surface area contributed by atoms with Crippen molar-refractivity contribution in [2.24, 2.45) is 0 Å². The van der Waals surface area contributed by atoms with Gasteiger partial charge in [-0.15, -0.1) is 0 Å². The quantitative estimate of drug-likeness (QED) is 0.442. The van der Waals surface area contributed by atoms with E-state index in [1.165, 1.54) is 0 Å². The third-order valence-corrected chi connectivity index (χ3v) is 2.40. The first-order chi connectivity index (χ1) is 6.76. The lowest BCUT2D eigenvalue weighted by atomic mass is 10.1. The maximum atomic E-state index is 11.4. The Morgan fingerprint density at radius 3 is 2.71 bits per heavy atom. The number of amides is 1. The Kier molecular flexibility index (Phi) is 4.86. The molecule has 1 fully saturated rings. The van der Waals surface area contributed by atoms with E-state index in [1.54, 1.807) is 0 Å². The van der Waals surface area contributed by atoms with Crippen molar-refractivity contribution in [2.45, 2.75) is 31.3 Å². The highest BCUT2D eigenvalue weighted by Gasteiger charge is 2.18. The lowest BCUT2D eigenvalue weighted by Crippen LogP contribution is -2.42. The van der Waals surface area contributed by atoms with Gasteiger partial charge < -0.3 is 20.8 Å². The van der Waals surface area contributed by atoms with Crippen LogP contribution in [-0.4, -0.2) is 48.0 Å². The van der Waals surface area contributed by atoms with Crippen LogP contribution in [0.4, 0.5) is 0 Å². The molecule has 5 nitrogen and oxygen atoms in total. The van der Waals surface area contributed by atoms with Gasteiger partial charge in [0.2, 0.25) is 5.91 Å². The number of rotatable bonds is 5. The van der Waals surface area contributed by atoms with Gasteiger partial charge in [-0.3, -0.25) is 4.79 Å². The summed E-state index contributed by atoms with van der Waals surface area (Å²) < 4.78 is 0. The third kappa shape index (κ3) is 3.61. The Bertz CT molecular complexity index is 171. The van der Waals surface area contributed by atoms with Crippen LogP contribution in [0.1, 0.15) is 19.3 Å². The summed E-state index contributed by atoms with van der Waals surface area (Å²) in [7, 11) is 0. The first kappa shape index (κ1) is 11.4. The van der Waals surface area contributed by atoms with E-state index in [4.69, 9.17) is 10.2 Å². The van der Waals surface area contributed by atoms with E-state index in [9.17, 15) is 4.79 Å². The van der Waals surface area contributed by atoms with Crippen molar-refractivity contribution in [1.82, 2.24) is 10.6 Å². The van der Waals surface area contributed by atoms with Gasteiger partial charge >= 0.3 is 0 Å². The van der Waals surface area contributed by atoms with Crippen LogP contribution in [0.3, 0.4) is 0 Å². The number of carbonyl (C=O) groups is 1. The Balaban J connectivity index is 2.20. The summed E-state index contributed by atoms with van der Waals surface area (Å²) in [5.74, 6) is -0.113. The van der Waals surface area contributed by atoms with Crippen LogP contribution in [0.15, 0.2) is 0 Å². The van der Waals surface area contributed by atoms with Crippen molar-refractivity contribution in [2.75, 3.05) is 19.8 Å². The zero-order chi connectivity index (χ0) is 10.4. The van der Waals surface area contributed by atoms with Crippen molar-refractivity contribution in [3.63, 3.8) is 0 Å². The van der Waals surface area contributed by atoms with E-state index in [1.807, 2.05) is 0 Å². The summed E-state index contributed by atoms with van der Waals surface area (Å²) in [6.07, 6.45) is 2.56. The average Bonchev–Trinajstić information content (AvgIpc) is 2.66. The number of aliphatic hydroxyl groups is 2. The zero-order valence-corrected chi connectivity index (χ0v) is 8.20. The maximum Gasteiger partial charge on any atom is 0.221 e. The molecule has 1 aliphatic heterocycles. The summed E-state index contributed by atoms with van der Waals surface area (Å²) in [6, 6.07) is -0.267. The second-order valence-corrected chi connectivity index (χ2v) is 3.63. The topological polar surface area (TPSA) is 81.6 Å². The lowest BCUT2D eigenvalue weighted by Gasteiger charge is -2.15. The van der Waals surface area contributed by atoms with Gasteiger partial charge in [-0.2, -0.15) is 0 Å². The van der Waals surface area contributed by atoms with E-state index < -0.39 is 6.04 Å². The van der Waals surface area contributed by atoms with Crippen LogP contribution in [0.5, 0.6) is 0 Å². The fourth-order valence-electron chi connectivity index (χ4n) is 1.59. The molecule has 0 aromatic carbocycles. The number of aliphatic hydroxyl groups excluding tert-OH is 2. The smallest absolute Gasteiger partial charge is 0.221 e. The molecule has 5 heteroatoms. The van der Waals surface area contributed by atoms with Gasteiger partial charge in [-0.25, -0.2) is 0 Å². The monoisotopic (exact) mass is 202 g/mol. The summed E-state index contributed by atoms with van der Waals surface area (Å²) in [5.41, 5.74) is 0. The highest BCUT2D eigenvalue weighted by molar-refractivity contribution is 5.76. The van der Waals surface area contributed by atoms with Gasteiger partial charge in [0, 0.05) is 12.5 Å². The molecule has 1 unspecified atom stereocenters. The fourth-order valence-corrected chi connectivity index (χ4v) is 1.59. The molecule has 4 N–H and O–H groups in total. The van der Waals surface area contributed by atoms with Crippen LogP contribution in [0.25, 0.3) is 0 Å². The molecule has 1 saturated heterocycles. The molecular formula is C9H18N2O3. The SMILES string of the molecule is O=C(CC1CCCN1)NC(CO)CO. The van der Waals surface area contributed by atoms with Crippen molar-refractivity contribution in [3.8, 4) is 0 Å². The van der Waals surface area contributed by atoms with Crippen molar-refractivity contribution < 1.29 is 15.0 Å². The molecule has 0 aromatic rings. The van der Waals surface area contributed by atoms with Gasteiger partial charge in [0.1, 0.15) is 0 Å². The Hall–Kier alpha value is -0.650. The van der Waals surface area contributed by atoms with Crippen LogP contribution < -0.4 is 10.6 Å². The summed E-state index contributed by atoms with van der Waals surface area (Å²) in [6.45, 7) is 0.530. The number of hydrogen-bond donors (Lipinski definition) is 4. The molecule has 1 rings (SSSR count). The molecule has 1 amide bonds. The largest absolute Gasteiger partial charge is 0.394 e. The predicted molar refractivity (Wildman–Crippen MR) is 51.7 cm³/mol. The maximum absolute atomic E-state index is 11.4. The van der Waals surface area contributed by atoms with E-state index in [-0.39, 0.29) is 25.2 Å². The first-order valence-electron chi connectivity index (χ1n) is 5.00. The lowest BCUT2D eigenvalue weighted by molar-refractivity contribution is -0.122. The Morgan fingerprint density at radius 1 is 1.50 bits per heavy atom. The Morgan fingerprint density at radius 2 is 2.21 bits per heavy atom. The number of hydrogen-bond acceptors (Lipinski definition) is 4. The van der Waals surface area contributed by atoms with Crippen molar-refractivity contribution in [1.29, 1.82) is 0 Å². The zero-order valence-electron chi connectivity index (χ0n) is 8.20. The van der Waals surface area contributed by atoms with Crippen LogP contribution >= 0.6 is 0 Å². The second kappa shape index (κ2) is 5.95. The Labute approximate surface area is 83.5 Å². The molecule has 1 atom stereocenters. The van der Waals surface area contributed by atoms with Crippen LogP contribution in [-0.2, 0) is 4.79 Å². The van der Waals surface area contributed by atoms with E-state index >= 15 is 0 Å². The number of nitrogens with one attached hydrogen (secondary N) is 2. The van der Waals surface area contributed by atoms with Gasteiger partial charge in [0.15, 0.2) is 0 Å². The predicted octanol–water partition coefficient (Wildman–Crippen LogP) is -1.40. The van der Waals surface area contributed by atoms with E-state index in [0.717, 1.165) is 19.4 Å². The van der Waals surface area contributed by atoms with Gasteiger partial charge in [0.25, 0.3) is 0 Å².